The molecule has 0 spiro atoms. The first-order chi connectivity index (χ1) is 23.0. The third kappa shape index (κ3) is 8.75. The van der Waals surface area contributed by atoms with Crippen molar-refractivity contribution in [2.45, 2.75) is 25.5 Å². The van der Waals surface area contributed by atoms with Gasteiger partial charge >= 0.3 is 6.09 Å². The highest BCUT2D eigenvalue weighted by molar-refractivity contribution is 5.94. The molecular formula is C38H44N6O3. The fraction of sp³-hybridized carbons (Fsp3) is 0.342. The van der Waals surface area contributed by atoms with Crippen molar-refractivity contribution in [3.05, 3.63) is 115 Å². The van der Waals surface area contributed by atoms with Gasteiger partial charge in [-0.2, -0.15) is 0 Å². The second-order valence-electron chi connectivity index (χ2n) is 12.4. The Kier molecular flexibility index (Phi) is 10.8. The molecule has 6 rings (SSSR count). The standard InChI is InChI=1S/C38H44N6O3/c1-41(37(45)32-13-11-30(12-14-32)29-43-25-27-44(28-26-43)33-15-19-39-20-16-33)23-24-42-21-17-34(18-22-42)47-38(46)40-36-10-6-5-9-35(36)31-7-3-2-4-8-31/h2-16,19-20,34H,17-18,21-29H2,1H3,(H,40,46). The highest BCUT2D eigenvalue weighted by atomic mass is 16.6. The normalized spacial score (nSPS) is 16.1. The number of para-hydroxylation sites is 1. The quantitative estimate of drug-likeness (QED) is 0.235. The van der Waals surface area contributed by atoms with E-state index in [1.165, 1.54) is 11.3 Å². The molecule has 0 unspecified atom stereocenters. The topological polar surface area (TPSA) is 81.2 Å². The van der Waals surface area contributed by atoms with E-state index in [2.05, 4.69) is 49.3 Å². The van der Waals surface area contributed by atoms with Gasteiger partial charge in [-0.1, -0.05) is 60.7 Å². The van der Waals surface area contributed by atoms with Gasteiger partial charge in [0.25, 0.3) is 5.91 Å². The summed E-state index contributed by atoms with van der Waals surface area (Å²) < 4.78 is 5.79. The van der Waals surface area contributed by atoms with E-state index >= 15 is 0 Å². The van der Waals surface area contributed by atoms with Gasteiger partial charge in [0, 0.05) is 95.2 Å². The average molecular weight is 633 g/mol. The molecule has 3 aromatic carbocycles. The van der Waals surface area contributed by atoms with Gasteiger partial charge in [0.15, 0.2) is 0 Å². The Morgan fingerprint density at radius 3 is 2.21 bits per heavy atom. The van der Waals surface area contributed by atoms with Crippen LogP contribution in [0.25, 0.3) is 11.1 Å². The molecule has 2 aliphatic rings. The molecule has 0 atom stereocenters. The predicted molar refractivity (Wildman–Crippen MR) is 187 cm³/mol. The van der Waals surface area contributed by atoms with E-state index in [4.69, 9.17) is 4.74 Å². The van der Waals surface area contributed by atoms with Gasteiger partial charge in [0.1, 0.15) is 6.10 Å². The SMILES string of the molecule is CN(CCN1CCC(OC(=O)Nc2ccccc2-c2ccccc2)CC1)C(=O)c1ccc(CN2CCN(c3ccncc3)CC2)cc1. The number of carbonyl (C=O) groups is 2. The van der Waals surface area contributed by atoms with Gasteiger partial charge in [-0.05, 0) is 54.3 Å². The van der Waals surface area contributed by atoms with Crippen LogP contribution in [0.4, 0.5) is 16.2 Å². The number of anilines is 2. The third-order valence-electron chi connectivity index (χ3n) is 9.16. The number of benzene rings is 3. The number of nitrogens with zero attached hydrogens (tertiary/aromatic N) is 5. The van der Waals surface area contributed by atoms with Crippen LogP contribution >= 0.6 is 0 Å². The number of pyridine rings is 1. The largest absolute Gasteiger partial charge is 0.446 e. The maximum absolute atomic E-state index is 13.1. The second-order valence-corrected chi connectivity index (χ2v) is 12.4. The number of ether oxygens (including phenoxy) is 1. The minimum absolute atomic E-state index is 0.0354. The van der Waals surface area contributed by atoms with Gasteiger partial charge in [-0.15, -0.1) is 0 Å². The van der Waals surface area contributed by atoms with E-state index in [0.29, 0.717) is 12.1 Å². The molecule has 0 radical (unpaired) electrons. The van der Waals surface area contributed by atoms with Crippen molar-refractivity contribution in [1.29, 1.82) is 0 Å². The number of rotatable bonds is 10. The number of likely N-dealkylation sites (tertiary alicyclic amines) is 1. The van der Waals surface area contributed by atoms with Crippen molar-refractivity contribution in [3.8, 4) is 11.1 Å². The Bertz CT molecular complexity index is 1590. The number of piperazine rings is 1. The van der Waals surface area contributed by atoms with Crippen LogP contribution in [-0.4, -0.2) is 97.2 Å². The van der Waals surface area contributed by atoms with E-state index in [0.717, 1.165) is 82.0 Å². The molecule has 1 N–H and O–H groups in total. The number of aromatic nitrogens is 1. The Morgan fingerprint density at radius 2 is 1.49 bits per heavy atom. The Balaban J connectivity index is 0.895. The summed E-state index contributed by atoms with van der Waals surface area (Å²) in [6.45, 7) is 7.97. The number of amides is 2. The van der Waals surface area contributed by atoms with Crippen LogP contribution in [0.2, 0.25) is 0 Å². The maximum atomic E-state index is 13.1. The minimum Gasteiger partial charge on any atom is -0.446 e. The van der Waals surface area contributed by atoms with Gasteiger partial charge in [-0.3, -0.25) is 20.0 Å². The molecule has 3 heterocycles. The summed E-state index contributed by atoms with van der Waals surface area (Å²) in [5, 5.41) is 2.94. The number of hydrogen-bond donors (Lipinski definition) is 1. The van der Waals surface area contributed by atoms with Crippen LogP contribution in [0.3, 0.4) is 0 Å². The van der Waals surface area contributed by atoms with Crippen LogP contribution in [-0.2, 0) is 11.3 Å². The predicted octanol–water partition coefficient (Wildman–Crippen LogP) is 5.86. The molecule has 4 aromatic rings. The zero-order valence-corrected chi connectivity index (χ0v) is 27.1. The summed E-state index contributed by atoms with van der Waals surface area (Å²) in [7, 11) is 1.87. The summed E-state index contributed by atoms with van der Waals surface area (Å²) in [5.41, 5.74) is 5.90. The van der Waals surface area contributed by atoms with Crippen LogP contribution < -0.4 is 10.2 Å². The molecule has 0 saturated carbocycles. The molecule has 0 aliphatic carbocycles. The molecule has 9 heteroatoms. The lowest BCUT2D eigenvalue weighted by Crippen LogP contribution is -2.45. The number of carbonyl (C=O) groups excluding carboxylic acids is 2. The summed E-state index contributed by atoms with van der Waals surface area (Å²) >= 11 is 0. The van der Waals surface area contributed by atoms with E-state index in [-0.39, 0.29) is 12.0 Å². The minimum atomic E-state index is -0.424. The van der Waals surface area contributed by atoms with E-state index in [1.807, 2.05) is 86.2 Å². The van der Waals surface area contributed by atoms with Gasteiger partial charge in [-0.25, -0.2) is 4.79 Å². The van der Waals surface area contributed by atoms with E-state index < -0.39 is 6.09 Å². The fourth-order valence-electron chi connectivity index (χ4n) is 6.35. The van der Waals surface area contributed by atoms with E-state index in [1.54, 1.807) is 4.90 Å². The molecule has 2 amide bonds. The Hall–Kier alpha value is -4.73. The Labute approximate surface area is 277 Å². The number of hydrogen-bond acceptors (Lipinski definition) is 7. The molecular weight excluding hydrogens is 588 g/mol. The van der Waals surface area contributed by atoms with Crippen molar-refractivity contribution < 1.29 is 14.3 Å². The van der Waals surface area contributed by atoms with Crippen LogP contribution in [0, 0.1) is 0 Å². The third-order valence-corrected chi connectivity index (χ3v) is 9.16. The zero-order valence-electron chi connectivity index (χ0n) is 27.1. The second kappa shape index (κ2) is 15.7. The molecule has 2 fully saturated rings. The lowest BCUT2D eigenvalue weighted by Gasteiger charge is -2.36. The fourth-order valence-corrected chi connectivity index (χ4v) is 6.35. The summed E-state index contributed by atoms with van der Waals surface area (Å²) in [6, 6.07) is 30.0. The first-order valence-electron chi connectivity index (χ1n) is 16.6. The first kappa shape index (κ1) is 32.2. The van der Waals surface area contributed by atoms with Crippen molar-refractivity contribution in [3.63, 3.8) is 0 Å². The molecule has 2 saturated heterocycles. The summed E-state index contributed by atoms with van der Waals surface area (Å²) in [4.78, 5) is 39.0. The van der Waals surface area contributed by atoms with Crippen molar-refractivity contribution in [1.82, 2.24) is 19.7 Å². The van der Waals surface area contributed by atoms with Crippen molar-refractivity contribution >= 4 is 23.4 Å². The van der Waals surface area contributed by atoms with Crippen molar-refractivity contribution in [2.75, 3.05) is 69.6 Å². The van der Waals surface area contributed by atoms with Gasteiger partial charge in [0.05, 0.1) is 5.69 Å². The summed E-state index contributed by atoms with van der Waals surface area (Å²) in [6.07, 6.45) is 4.68. The summed E-state index contributed by atoms with van der Waals surface area (Å²) in [5.74, 6) is 0.0354. The average Bonchev–Trinajstić information content (AvgIpc) is 3.12. The van der Waals surface area contributed by atoms with Gasteiger partial charge in [0.2, 0.25) is 0 Å². The van der Waals surface area contributed by atoms with E-state index in [9.17, 15) is 9.59 Å². The van der Waals surface area contributed by atoms with Crippen LogP contribution in [0.15, 0.2) is 103 Å². The molecule has 244 valence electrons. The van der Waals surface area contributed by atoms with Crippen molar-refractivity contribution in [2.24, 2.45) is 0 Å². The highest BCUT2D eigenvalue weighted by Crippen LogP contribution is 2.28. The molecule has 47 heavy (non-hydrogen) atoms. The lowest BCUT2D eigenvalue weighted by molar-refractivity contribution is 0.0540. The maximum Gasteiger partial charge on any atom is 0.411 e. The molecule has 1 aromatic heterocycles. The number of nitrogens with one attached hydrogen (secondary N) is 1. The van der Waals surface area contributed by atoms with Crippen LogP contribution in [0.5, 0.6) is 0 Å². The lowest BCUT2D eigenvalue weighted by atomic mass is 10.0. The molecule has 0 bridgehead atoms. The Morgan fingerprint density at radius 1 is 0.809 bits per heavy atom. The number of piperidine rings is 1. The first-order valence-corrected chi connectivity index (χ1v) is 16.6. The smallest absolute Gasteiger partial charge is 0.411 e. The zero-order chi connectivity index (χ0) is 32.4. The number of likely N-dealkylation sites (N-methyl/N-ethyl adjacent to an activating group) is 1. The molecule has 2 aliphatic heterocycles. The van der Waals surface area contributed by atoms with Gasteiger partial charge < -0.3 is 19.4 Å². The monoisotopic (exact) mass is 632 g/mol. The van der Waals surface area contributed by atoms with Crippen LogP contribution in [0.1, 0.15) is 28.8 Å². The highest BCUT2D eigenvalue weighted by Gasteiger charge is 2.24. The molecule has 9 nitrogen and oxygen atoms in total.